The third kappa shape index (κ3) is 5.53. The average molecular weight is 512 g/mol. The molecule has 1 aliphatic heterocycles. The maximum atomic E-state index is 13.0. The molecule has 0 bridgehead atoms. The molecule has 3 aromatic rings. The van der Waals surface area contributed by atoms with Gasteiger partial charge in [0.15, 0.2) is 0 Å². The lowest BCUT2D eigenvalue weighted by atomic mass is 10.0. The quantitative estimate of drug-likeness (QED) is 0.256. The van der Waals surface area contributed by atoms with E-state index in [0.717, 1.165) is 22.4 Å². The van der Waals surface area contributed by atoms with Crippen molar-refractivity contribution in [3.63, 3.8) is 0 Å². The van der Waals surface area contributed by atoms with Gasteiger partial charge in [0.05, 0.1) is 29.8 Å². The predicted octanol–water partition coefficient (Wildman–Crippen LogP) is 5.56. The minimum atomic E-state index is -3.84. The number of methoxy groups -OCH3 is 1. The van der Waals surface area contributed by atoms with E-state index in [1.165, 1.54) is 0 Å². The van der Waals surface area contributed by atoms with Gasteiger partial charge in [0.25, 0.3) is 10.0 Å². The molecular weight excluding hydrogens is 482 g/mol. The number of ether oxygens (including phenoxy) is 1. The van der Waals surface area contributed by atoms with Crippen LogP contribution in [0.25, 0.3) is 0 Å². The van der Waals surface area contributed by atoms with Crippen molar-refractivity contribution in [3.05, 3.63) is 94.5 Å². The van der Waals surface area contributed by atoms with E-state index >= 15 is 0 Å². The van der Waals surface area contributed by atoms with E-state index in [4.69, 9.17) is 16.3 Å². The standard InChI is InChI=1S/C27H30ClN3O3S/c1-18-6-16-23(17-7-18)35(32,33)30-29-24(19-8-12-21(28)13-9-19)26-25(31(26)27(2,3)4)20-10-14-22(34-5)15-11-20/h6-17,25-26,30H,1-5H3/b29-24-/t25-,26+,31?/m0/s1. The zero-order chi connectivity index (χ0) is 25.4. The van der Waals surface area contributed by atoms with Crippen molar-refractivity contribution in [2.75, 3.05) is 7.11 Å². The summed E-state index contributed by atoms with van der Waals surface area (Å²) >= 11 is 6.13. The first-order chi connectivity index (χ1) is 16.5. The predicted molar refractivity (Wildman–Crippen MR) is 141 cm³/mol. The monoisotopic (exact) mass is 511 g/mol. The van der Waals surface area contributed by atoms with Gasteiger partial charge < -0.3 is 4.74 Å². The maximum Gasteiger partial charge on any atom is 0.276 e. The van der Waals surface area contributed by atoms with Crippen LogP contribution >= 0.6 is 11.6 Å². The topological polar surface area (TPSA) is 70.8 Å². The summed E-state index contributed by atoms with van der Waals surface area (Å²) in [5.74, 6) is 0.783. The third-order valence-corrected chi connectivity index (χ3v) is 7.55. The van der Waals surface area contributed by atoms with Gasteiger partial charge >= 0.3 is 0 Å². The molecule has 0 saturated carbocycles. The van der Waals surface area contributed by atoms with Gasteiger partial charge in [-0.3, -0.25) is 4.90 Å². The number of hydrogen-bond acceptors (Lipinski definition) is 5. The van der Waals surface area contributed by atoms with E-state index in [2.05, 4.69) is 35.6 Å². The Labute approximate surface area is 212 Å². The Kier molecular flexibility index (Phi) is 6.95. The zero-order valence-corrected chi connectivity index (χ0v) is 22.1. The highest BCUT2D eigenvalue weighted by Gasteiger charge is 2.56. The summed E-state index contributed by atoms with van der Waals surface area (Å²) in [6, 6.07) is 21.8. The minimum Gasteiger partial charge on any atom is -0.497 e. The van der Waals surface area contributed by atoms with Crippen LogP contribution in [0.4, 0.5) is 0 Å². The molecule has 3 aromatic carbocycles. The van der Waals surface area contributed by atoms with Gasteiger partial charge in [0.1, 0.15) is 5.75 Å². The second kappa shape index (κ2) is 9.64. The molecule has 1 N–H and O–H groups in total. The van der Waals surface area contributed by atoms with Crippen molar-refractivity contribution in [1.29, 1.82) is 0 Å². The van der Waals surface area contributed by atoms with Crippen LogP contribution in [0.15, 0.2) is 82.8 Å². The van der Waals surface area contributed by atoms with E-state index in [9.17, 15) is 8.42 Å². The van der Waals surface area contributed by atoms with E-state index in [1.807, 2.05) is 43.3 Å². The van der Waals surface area contributed by atoms with Crippen LogP contribution in [-0.2, 0) is 10.0 Å². The maximum absolute atomic E-state index is 13.0. The Balaban J connectivity index is 1.75. The molecule has 1 saturated heterocycles. The van der Waals surface area contributed by atoms with Gasteiger partial charge in [-0.15, -0.1) is 0 Å². The lowest BCUT2D eigenvalue weighted by molar-refractivity contribution is 0.280. The molecule has 1 unspecified atom stereocenters. The highest BCUT2D eigenvalue weighted by molar-refractivity contribution is 7.89. The van der Waals surface area contributed by atoms with Gasteiger partial charge in [-0.05, 0) is 75.2 Å². The van der Waals surface area contributed by atoms with Gasteiger partial charge in [0.2, 0.25) is 0 Å². The molecule has 0 aliphatic carbocycles. The first-order valence-electron chi connectivity index (χ1n) is 11.4. The van der Waals surface area contributed by atoms with E-state index in [1.54, 1.807) is 43.5 Å². The first kappa shape index (κ1) is 25.2. The molecule has 0 amide bonds. The van der Waals surface area contributed by atoms with Crippen molar-refractivity contribution in [2.45, 2.75) is 50.2 Å². The molecule has 3 atom stereocenters. The molecule has 0 aromatic heterocycles. The second-order valence-corrected chi connectivity index (χ2v) is 11.7. The largest absolute Gasteiger partial charge is 0.497 e. The summed E-state index contributed by atoms with van der Waals surface area (Å²) in [7, 11) is -2.20. The fourth-order valence-corrected chi connectivity index (χ4v) is 5.24. The number of nitrogens with zero attached hydrogens (tertiary/aromatic N) is 2. The highest BCUT2D eigenvalue weighted by Crippen LogP contribution is 2.50. The average Bonchev–Trinajstić information content (AvgIpc) is 3.57. The molecule has 0 spiro atoms. The summed E-state index contributed by atoms with van der Waals surface area (Å²) in [6.07, 6.45) is 0. The van der Waals surface area contributed by atoms with Crippen LogP contribution < -0.4 is 9.57 Å². The number of aryl methyl sites for hydroxylation is 1. The zero-order valence-electron chi connectivity index (χ0n) is 20.5. The molecule has 1 aliphatic rings. The Morgan fingerprint density at radius 2 is 1.57 bits per heavy atom. The first-order valence-corrected chi connectivity index (χ1v) is 13.2. The molecule has 35 heavy (non-hydrogen) atoms. The summed E-state index contributed by atoms with van der Waals surface area (Å²) in [4.78, 5) is 4.96. The molecule has 184 valence electrons. The normalized spacial score (nSPS) is 20.4. The lowest BCUT2D eigenvalue weighted by Crippen LogP contribution is -2.31. The van der Waals surface area contributed by atoms with E-state index < -0.39 is 10.0 Å². The molecule has 1 heterocycles. The number of hydrazone groups is 1. The third-order valence-electron chi connectivity index (χ3n) is 6.08. The number of nitrogens with one attached hydrogen (secondary N) is 1. The number of halogens is 1. The molecular formula is C27H30ClN3O3S. The number of benzene rings is 3. The van der Waals surface area contributed by atoms with Crippen LogP contribution in [-0.4, -0.2) is 37.7 Å². The van der Waals surface area contributed by atoms with Crippen molar-refractivity contribution >= 4 is 27.3 Å². The fraction of sp³-hybridized carbons (Fsp3) is 0.296. The summed E-state index contributed by atoms with van der Waals surface area (Å²) < 4.78 is 31.3. The lowest BCUT2D eigenvalue weighted by Gasteiger charge is -2.23. The van der Waals surface area contributed by atoms with Crippen LogP contribution in [0.3, 0.4) is 0 Å². The second-order valence-electron chi connectivity index (χ2n) is 9.65. The Morgan fingerprint density at radius 3 is 2.11 bits per heavy atom. The Hall–Kier alpha value is -2.87. The van der Waals surface area contributed by atoms with Gasteiger partial charge in [-0.2, -0.15) is 18.4 Å². The summed E-state index contributed by atoms with van der Waals surface area (Å²) in [6.45, 7) is 8.33. The van der Waals surface area contributed by atoms with Gasteiger partial charge in [-0.1, -0.05) is 53.6 Å². The van der Waals surface area contributed by atoms with E-state index in [-0.39, 0.29) is 22.5 Å². The van der Waals surface area contributed by atoms with Crippen LogP contribution in [0, 0.1) is 6.92 Å². The highest BCUT2D eigenvalue weighted by atomic mass is 35.5. The number of rotatable bonds is 7. The van der Waals surface area contributed by atoms with Gasteiger partial charge in [-0.25, -0.2) is 0 Å². The van der Waals surface area contributed by atoms with Crippen molar-refractivity contribution in [2.24, 2.45) is 5.10 Å². The van der Waals surface area contributed by atoms with Crippen LogP contribution in [0.1, 0.15) is 43.5 Å². The summed E-state index contributed by atoms with van der Waals surface area (Å²) in [5, 5.41) is 5.10. The van der Waals surface area contributed by atoms with Crippen molar-refractivity contribution in [3.8, 4) is 5.75 Å². The smallest absolute Gasteiger partial charge is 0.276 e. The fourth-order valence-electron chi connectivity index (χ4n) is 4.29. The molecule has 0 radical (unpaired) electrons. The molecule has 8 heteroatoms. The Morgan fingerprint density at radius 1 is 0.971 bits per heavy atom. The van der Waals surface area contributed by atoms with Crippen molar-refractivity contribution in [1.82, 2.24) is 9.73 Å². The SMILES string of the molecule is COc1ccc([C@H]2[C@@H](/C(=N\NS(=O)(=O)c3ccc(C)cc3)c3ccc(Cl)cc3)N2C(C)(C)C)cc1. The van der Waals surface area contributed by atoms with Gasteiger partial charge in [0, 0.05) is 10.6 Å². The number of sulfonamides is 1. The summed E-state index contributed by atoms with van der Waals surface area (Å²) in [5.41, 5.74) is 3.34. The minimum absolute atomic E-state index is 0.0270. The Bertz CT molecular complexity index is 1310. The number of hydrogen-bond donors (Lipinski definition) is 1. The van der Waals surface area contributed by atoms with Crippen LogP contribution in [0.2, 0.25) is 5.02 Å². The molecule has 4 rings (SSSR count). The van der Waals surface area contributed by atoms with E-state index in [0.29, 0.717) is 10.7 Å². The van der Waals surface area contributed by atoms with Crippen LogP contribution in [0.5, 0.6) is 5.75 Å². The van der Waals surface area contributed by atoms with Crippen molar-refractivity contribution < 1.29 is 13.2 Å². The molecule has 1 fully saturated rings. The molecule has 6 nitrogen and oxygen atoms in total.